The summed E-state index contributed by atoms with van der Waals surface area (Å²) in [6, 6.07) is -0.642. The maximum atomic E-state index is 12.2. The third-order valence-electron chi connectivity index (χ3n) is 3.93. The van der Waals surface area contributed by atoms with E-state index in [1.165, 1.54) is 19.3 Å². The van der Waals surface area contributed by atoms with Gasteiger partial charge >= 0.3 is 0 Å². The summed E-state index contributed by atoms with van der Waals surface area (Å²) in [5.74, 6) is 0.867. The first-order valence-corrected chi connectivity index (χ1v) is 6.61. The number of carbonyl (C=O) groups is 2. The molecule has 0 aromatic carbocycles. The van der Waals surface area contributed by atoms with Crippen molar-refractivity contribution in [2.45, 2.75) is 52.1 Å². The summed E-state index contributed by atoms with van der Waals surface area (Å²) in [7, 11) is 0. The summed E-state index contributed by atoms with van der Waals surface area (Å²) in [6.07, 6.45) is 3.66. The van der Waals surface area contributed by atoms with Crippen LogP contribution in [0.25, 0.3) is 0 Å². The molecular formula is C13H22N2O2. The second kappa shape index (κ2) is 4.67. The zero-order valence-electron chi connectivity index (χ0n) is 10.9. The molecule has 0 aromatic rings. The first-order valence-electron chi connectivity index (χ1n) is 6.61. The van der Waals surface area contributed by atoms with Crippen LogP contribution in [0.5, 0.6) is 0 Å². The Morgan fingerprint density at radius 2 is 2.00 bits per heavy atom. The van der Waals surface area contributed by atoms with Crippen molar-refractivity contribution in [2.24, 2.45) is 11.8 Å². The Bertz CT molecular complexity index is 323. The lowest BCUT2D eigenvalue weighted by atomic mass is 9.84. The predicted molar refractivity (Wildman–Crippen MR) is 65.3 cm³/mol. The minimum atomic E-state index is -0.363. The van der Waals surface area contributed by atoms with Crippen LogP contribution in [0.2, 0.25) is 0 Å². The lowest BCUT2D eigenvalue weighted by Crippen LogP contribution is -2.64. The van der Waals surface area contributed by atoms with Crippen LogP contribution in [0.4, 0.5) is 0 Å². The highest BCUT2D eigenvalue weighted by Gasteiger charge is 2.41. The van der Waals surface area contributed by atoms with Crippen LogP contribution in [0.15, 0.2) is 0 Å². The van der Waals surface area contributed by atoms with Crippen LogP contribution in [-0.4, -0.2) is 35.3 Å². The molecule has 2 fully saturated rings. The number of nitrogens with zero attached hydrogens (tertiary/aromatic N) is 1. The number of rotatable bonds is 3. The van der Waals surface area contributed by atoms with Crippen LogP contribution in [0, 0.1) is 11.8 Å². The van der Waals surface area contributed by atoms with Gasteiger partial charge in [-0.15, -0.1) is 0 Å². The molecule has 0 aromatic heterocycles. The molecule has 4 nitrogen and oxygen atoms in total. The Morgan fingerprint density at radius 1 is 1.35 bits per heavy atom. The number of carbonyl (C=O) groups excluding carboxylic acids is 2. The van der Waals surface area contributed by atoms with Crippen molar-refractivity contribution in [3.63, 3.8) is 0 Å². The summed E-state index contributed by atoms with van der Waals surface area (Å²) in [6.45, 7) is 6.53. The van der Waals surface area contributed by atoms with Crippen molar-refractivity contribution in [1.29, 1.82) is 0 Å². The molecule has 2 atom stereocenters. The molecule has 1 heterocycles. The number of piperazine rings is 1. The Kier molecular flexibility index (Phi) is 3.40. The standard InChI is InChI=1S/C13H22N2O2/c1-8(2)11-12(16)14-9(3)13(17)15(11)7-10-5-4-6-10/h8-11H,4-7H2,1-3H3,(H,14,16). The summed E-state index contributed by atoms with van der Waals surface area (Å²) in [5.41, 5.74) is 0. The van der Waals surface area contributed by atoms with Gasteiger partial charge in [-0.1, -0.05) is 20.3 Å². The molecule has 1 saturated carbocycles. The van der Waals surface area contributed by atoms with E-state index in [0.717, 1.165) is 6.54 Å². The molecule has 1 aliphatic carbocycles. The van der Waals surface area contributed by atoms with Crippen molar-refractivity contribution in [1.82, 2.24) is 10.2 Å². The minimum absolute atomic E-state index is 0.00595. The number of amides is 2. The molecule has 2 amide bonds. The van der Waals surface area contributed by atoms with E-state index in [0.29, 0.717) is 5.92 Å². The summed E-state index contributed by atoms with van der Waals surface area (Å²) in [4.78, 5) is 26.0. The van der Waals surface area contributed by atoms with Crippen molar-refractivity contribution >= 4 is 11.8 Å². The molecule has 1 saturated heterocycles. The molecule has 96 valence electrons. The van der Waals surface area contributed by atoms with E-state index in [2.05, 4.69) is 5.32 Å². The summed E-state index contributed by atoms with van der Waals surface area (Å²) >= 11 is 0. The van der Waals surface area contributed by atoms with Crippen LogP contribution in [-0.2, 0) is 9.59 Å². The molecule has 0 spiro atoms. The summed E-state index contributed by atoms with van der Waals surface area (Å²) < 4.78 is 0. The highest BCUT2D eigenvalue weighted by molar-refractivity contribution is 5.96. The van der Waals surface area contributed by atoms with E-state index in [9.17, 15) is 9.59 Å². The molecule has 1 N–H and O–H groups in total. The SMILES string of the molecule is CC1NC(=O)C(C(C)C)N(CC2CCC2)C1=O. The maximum Gasteiger partial charge on any atom is 0.245 e. The minimum Gasteiger partial charge on any atom is -0.343 e. The quantitative estimate of drug-likeness (QED) is 0.802. The van der Waals surface area contributed by atoms with Gasteiger partial charge in [-0.05, 0) is 31.6 Å². The van der Waals surface area contributed by atoms with Crippen LogP contribution < -0.4 is 5.32 Å². The van der Waals surface area contributed by atoms with Gasteiger partial charge in [0, 0.05) is 6.54 Å². The molecule has 2 rings (SSSR count). The molecule has 17 heavy (non-hydrogen) atoms. The van der Waals surface area contributed by atoms with Gasteiger partial charge in [0.25, 0.3) is 0 Å². The lowest BCUT2D eigenvalue weighted by molar-refractivity contribution is -0.151. The van der Waals surface area contributed by atoms with Crippen LogP contribution >= 0.6 is 0 Å². The van der Waals surface area contributed by atoms with Gasteiger partial charge in [0.05, 0.1) is 0 Å². The normalized spacial score (nSPS) is 30.5. The fourth-order valence-electron chi connectivity index (χ4n) is 2.71. The number of hydrogen-bond acceptors (Lipinski definition) is 2. The molecule has 0 radical (unpaired) electrons. The van der Waals surface area contributed by atoms with Crippen LogP contribution in [0.1, 0.15) is 40.0 Å². The molecule has 4 heteroatoms. The van der Waals surface area contributed by atoms with E-state index in [1.807, 2.05) is 18.7 Å². The van der Waals surface area contributed by atoms with E-state index in [-0.39, 0.29) is 29.8 Å². The fraction of sp³-hybridized carbons (Fsp3) is 0.846. The fourth-order valence-corrected chi connectivity index (χ4v) is 2.71. The van der Waals surface area contributed by atoms with Crippen molar-refractivity contribution in [2.75, 3.05) is 6.54 Å². The highest BCUT2D eigenvalue weighted by Crippen LogP contribution is 2.29. The van der Waals surface area contributed by atoms with Crippen molar-refractivity contribution in [3.05, 3.63) is 0 Å². The van der Waals surface area contributed by atoms with Crippen molar-refractivity contribution in [3.8, 4) is 0 Å². The lowest BCUT2D eigenvalue weighted by Gasteiger charge is -2.43. The van der Waals surface area contributed by atoms with Crippen molar-refractivity contribution < 1.29 is 9.59 Å². The largest absolute Gasteiger partial charge is 0.343 e. The third-order valence-corrected chi connectivity index (χ3v) is 3.93. The molecular weight excluding hydrogens is 216 g/mol. The molecule has 2 unspecified atom stereocenters. The second-order valence-corrected chi connectivity index (χ2v) is 5.71. The van der Waals surface area contributed by atoms with Gasteiger partial charge in [-0.2, -0.15) is 0 Å². The van der Waals surface area contributed by atoms with E-state index >= 15 is 0 Å². The van der Waals surface area contributed by atoms with Gasteiger partial charge in [0.2, 0.25) is 11.8 Å². The Hall–Kier alpha value is -1.06. The third kappa shape index (κ3) is 2.31. The zero-order chi connectivity index (χ0) is 12.6. The number of hydrogen-bond donors (Lipinski definition) is 1. The van der Waals surface area contributed by atoms with E-state index in [4.69, 9.17) is 0 Å². The predicted octanol–water partition coefficient (Wildman–Crippen LogP) is 1.16. The Balaban J connectivity index is 2.13. The first-order chi connectivity index (χ1) is 8.00. The molecule has 2 aliphatic rings. The topological polar surface area (TPSA) is 49.4 Å². The van der Waals surface area contributed by atoms with Gasteiger partial charge in [0.1, 0.15) is 12.1 Å². The average Bonchev–Trinajstić information content (AvgIpc) is 2.17. The van der Waals surface area contributed by atoms with Gasteiger partial charge in [0.15, 0.2) is 0 Å². The Morgan fingerprint density at radius 3 is 2.47 bits per heavy atom. The Labute approximate surface area is 103 Å². The zero-order valence-corrected chi connectivity index (χ0v) is 10.9. The first kappa shape index (κ1) is 12.4. The van der Waals surface area contributed by atoms with Gasteiger partial charge in [-0.3, -0.25) is 9.59 Å². The average molecular weight is 238 g/mol. The van der Waals surface area contributed by atoms with E-state index < -0.39 is 0 Å². The summed E-state index contributed by atoms with van der Waals surface area (Å²) in [5, 5.41) is 2.77. The highest BCUT2D eigenvalue weighted by atomic mass is 16.2. The maximum absolute atomic E-state index is 12.2. The molecule has 1 aliphatic heterocycles. The van der Waals surface area contributed by atoms with E-state index in [1.54, 1.807) is 6.92 Å². The van der Waals surface area contributed by atoms with Gasteiger partial charge < -0.3 is 10.2 Å². The number of nitrogens with one attached hydrogen (secondary N) is 1. The second-order valence-electron chi connectivity index (χ2n) is 5.71. The monoisotopic (exact) mass is 238 g/mol. The molecule has 0 bridgehead atoms. The smallest absolute Gasteiger partial charge is 0.245 e. The van der Waals surface area contributed by atoms with Gasteiger partial charge in [-0.25, -0.2) is 0 Å². The van der Waals surface area contributed by atoms with Crippen LogP contribution in [0.3, 0.4) is 0 Å².